The molecule has 1 saturated heterocycles. The number of benzene rings is 1. The Bertz CT molecular complexity index is 399. The second kappa shape index (κ2) is 4.67. The normalized spacial score (nSPS) is 24.6. The number of aryl methyl sites for hydroxylation is 1. The topological polar surface area (TPSA) is 44.5 Å². The number of hydrogen-bond acceptors (Lipinski definition) is 3. The summed E-state index contributed by atoms with van der Waals surface area (Å²) < 4.78 is 11.3. The number of rotatable bonds is 2. The van der Waals surface area contributed by atoms with Crippen LogP contribution in [0.15, 0.2) is 18.2 Å². The van der Waals surface area contributed by atoms with Crippen LogP contribution in [0.5, 0.6) is 5.75 Å². The molecule has 3 heteroatoms. The summed E-state index contributed by atoms with van der Waals surface area (Å²) in [4.78, 5) is 0. The van der Waals surface area contributed by atoms with Crippen molar-refractivity contribution in [3.05, 3.63) is 29.3 Å². The van der Waals surface area contributed by atoms with E-state index in [4.69, 9.17) is 15.2 Å². The maximum Gasteiger partial charge on any atom is 0.120 e. The van der Waals surface area contributed by atoms with Crippen LogP contribution in [0, 0.1) is 0 Å². The second-order valence-electron chi connectivity index (χ2n) is 4.94. The van der Waals surface area contributed by atoms with Crippen LogP contribution in [-0.2, 0) is 11.2 Å². The van der Waals surface area contributed by atoms with Crippen molar-refractivity contribution in [3.63, 3.8) is 0 Å². The van der Waals surface area contributed by atoms with Gasteiger partial charge >= 0.3 is 0 Å². The van der Waals surface area contributed by atoms with Gasteiger partial charge in [-0.1, -0.05) is 6.07 Å². The zero-order valence-electron chi connectivity index (χ0n) is 10.0. The Morgan fingerprint density at radius 3 is 2.82 bits per heavy atom. The monoisotopic (exact) mass is 233 g/mol. The van der Waals surface area contributed by atoms with Gasteiger partial charge in [0, 0.05) is 18.9 Å². The third-order valence-corrected chi connectivity index (χ3v) is 3.71. The minimum absolute atomic E-state index is 0.224. The van der Waals surface area contributed by atoms with Crippen molar-refractivity contribution in [2.45, 2.75) is 37.8 Å². The molecule has 0 saturated carbocycles. The van der Waals surface area contributed by atoms with Gasteiger partial charge in [-0.05, 0) is 36.1 Å². The van der Waals surface area contributed by atoms with Gasteiger partial charge in [0.2, 0.25) is 0 Å². The number of ether oxygens (including phenoxy) is 2. The fourth-order valence-electron chi connectivity index (χ4n) is 2.69. The Morgan fingerprint density at radius 2 is 2.00 bits per heavy atom. The highest BCUT2D eigenvalue weighted by Crippen LogP contribution is 2.32. The molecule has 17 heavy (non-hydrogen) atoms. The van der Waals surface area contributed by atoms with Crippen LogP contribution in [0.2, 0.25) is 0 Å². The van der Waals surface area contributed by atoms with E-state index in [-0.39, 0.29) is 6.04 Å². The fraction of sp³-hybridized carbons (Fsp3) is 0.571. The van der Waals surface area contributed by atoms with E-state index in [0.29, 0.717) is 6.10 Å². The Kier molecular flexibility index (Phi) is 3.04. The van der Waals surface area contributed by atoms with Crippen molar-refractivity contribution in [2.24, 2.45) is 5.73 Å². The molecule has 2 aliphatic rings. The molecule has 1 aromatic rings. The first kappa shape index (κ1) is 11.1. The van der Waals surface area contributed by atoms with E-state index in [1.54, 1.807) is 0 Å². The van der Waals surface area contributed by atoms with Gasteiger partial charge in [0.15, 0.2) is 0 Å². The molecule has 0 spiro atoms. The van der Waals surface area contributed by atoms with Gasteiger partial charge in [0.25, 0.3) is 0 Å². The van der Waals surface area contributed by atoms with E-state index >= 15 is 0 Å². The van der Waals surface area contributed by atoms with Gasteiger partial charge in [-0.2, -0.15) is 0 Å². The lowest BCUT2D eigenvalue weighted by atomic mass is 10.1. The van der Waals surface area contributed by atoms with Crippen LogP contribution in [0.3, 0.4) is 0 Å². The van der Waals surface area contributed by atoms with Crippen molar-refractivity contribution in [1.82, 2.24) is 0 Å². The summed E-state index contributed by atoms with van der Waals surface area (Å²) >= 11 is 0. The summed E-state index contributed by atoms with van der Waals surface area (Å²) in [5, 5.41) is 0. The largest absolute Gasteiger partial charge is 0.490 e. The minimum Gasteiger partial charge on any atom is -0.490 e. The van der Waals surface area contributed by atoms with E-state index in [1.807, 2.05) is 0 Å². The van der Waals surface area contributed by atoms with Crippen molar-refractivity contribution in [1.29, 1.82) is 0 Å². The van der Waals surface area contributed by atoms with Crippen molar-refractivity contribution < 1.29 is 9.47 Å². The van der Waals surface area contributed by atoms with Gasteiger partial charge < -0.3 is 15.2 Å². The highest BCUT2D eigenvalue weighted by atomic mass is 16.5. The molecule has 3 nitrogen and oxygen atoms in total. The first-order chi connectivity index (χ1) is 8.33. The van der Waals surface area contributed by atoms with E-state index in [0.717, 1.165) is 44.6 Å². The van der Waals surface area contributed by atoms with Gasteiger partial charge in [0.05, 0.1) is 13.2 Å². The molecule has 1 fully saturated rings. The molecule has 3 rings (SSSR count). The molecular formula is C14H19NO2. The van der Waals surface area contributed by atoms with Crippen molar-refractivity contribution >= 4 is 0 Å². The van der Waals surface area contributed by atoms with Crippen LogP contribution in [-0.4, -0.2) is 19.3 Å². The van der Waals surface area contributed by atoms with E-state index < -0.39 is 0 Å². The van der Waals surface area contributed by atoms with E-state index in [1.165, 1.54) is 11.1 Å². The summed E-state index contributed by atoms with van der Waals surface area (Å²) in [6.07, 6.45) is 4.46. The second-order valence-corrected chi connectivity index (χ2v) is 4.94. The molecule has 1 aliphatic heterocycles. The Balaban J connectivity index is 1.71. The summed E-state index contributed by atoms with van der Waals surface area (Å²) in [6, 6.07) is 6.57. The van der Waals surface area contributed by atoms with Crippen LogP contribution < -0.4 is 10.5 Å². The lowest BCUT2D eigenvalue weighted by Gasteiger charge is -2.23. The first-order valence-corrected chi connectivity index (χ1v) is 6.46. The molecule has 1 atom stereocenters. The molecule has 0 bridgehead atoms. The standard InChI is InChI=1S/C14H19NO2/c15-14-4-1-10-9-12(2-3-13(10)14)17-11-5-7-16-8-6-11/h2-3,9,11,14H,1,4-8,15H2/t14-/m1/s1. The van der Waals surface area contributed by atoms with Gasteiger partial charge in [-0.25, -0.2) is 0 Å². The van der Waals surface area contributed by atoms with Gasteiger partial charge in [-0.15, -0.1) is 0 Å². The maximum absolute atomic E-state index is 6.02. The lowest BCUT2D eigenvalue weighted by Crippen LogP contribution is -2.25. The third kappa shape index (κ3) is 2.31. The zero-order valence-corrected chi connectivity index (χ0v) is 10.0. The highest BCUT2D eigenvalue weighted by molar-refractivity contribution is 5.40. The SMILES string of the molecule is N[C@@H]1CCc2cc(OC3CCOCC3)ccc21. The number of fused-ring (bicyclic) bond motifs is 1. The summed E-state index contributed by atoms with van der Waals surface area (Å²) in [5.74, 6) is 0.991. The Morgan fingerprint density at radius 1 is 1.18 bits per heavy atom. The Labute approximate surface area is 102 Å². The van der Waals surface area contributed by atoms with E-state index in [9.17, 15) is 0 Å². The van der Waals surface area contributed by atoms with Crippen LogP contribution in [0.1, 0.15) is 36.4 Å². The molecule has 1 aliphatic carbocycles. The van der Waals surface area contributed by atoms with Crippen molar-refractivity contribution in [2.75, 3.05) is 13.2 Å². The van der Waals surface area contributed by atoms with Crippen LogP contribution in [0.4, 0.5) is 0 Å². The molecule has 2 N–H and O–H groups in total. The maximum atomic E-state index is 6.02. The molecule has 0 radical (unpaired) electrons. The molecule has 92 valence electrons. The summed E-state index contributed by atoms with van der Waals surface area (Å²) in [7, 11) is 0. The Hall–Kier alpha value is -1.06. The van der Waals surface area contributed by atoms with Crippen LogP contribution >= 0.6 is 0 Å². The van der Waals surface area contributed by atoms with Crippen molar-refractivity contribution in [3.8, 4) is 5.75 Å². The average molecular weight is 233 g/mol. The molecule has 0 unspecified atom stereocenters. The highest BCUT2D eigenvalue weighted by Gasteiger charge is 2.20. The zero-order chi connectivity index (χ0) is 11.7. The lowest BCUT2D eigenvalue weighted by molar-refractivity contribution is 0.0255. The predicted octanol–water partition coefficient (Wildman–Crippen LogP) is 2.19. The summed E-state index contributed by atoms with van der Waals surface area (Å²) in [6.45, 7) is 1.64. The summed E-state index contributed by atoms with van der Waals surface area (Å²) in [5.41, 5.74) is 8.68. The fourth-order valence-corrected chi connectivity index (χ4v) is 2.69. The third-order valence-electron chi connectivity index (χ3n) is 3.71. The number of nitrogens with two attached hydrogens (primary N) is 1. The minimum atomic E-state index is 0.224. The van der Waals surface area contributed by atoms with Gasteiger partial charge in [0.1, 0.15) is 11.9 Å². The first-order valence-electron chi connectivity index (χ1n) is 6.46. The molecule has 0 amide bonds. The van der Waals surface area contributed by atoms with Gasteiger partial charge in [-0.3, -0.25) is 0 Å². The quantitative estimate of drug-likeness (QED) is 0.851. The number of hydrogen-bond donors (Lipinski definition) is 1. The average Bonchev–Trinajstić information content (AvgIpc) is 2.72. The predicted molar refractivity (Wildman–Crippen MR) is 66.2 cm³/mol. The molecule has 1 heterocycles. The smallest absolute Gasteiger partial charge is 0.120 e. The van der Waals surface area contributed by atoms with E-state index in [2.05, 4.69) is 18.2 Å². The van der Waals surface area contributed by atoms with Crippen LogP contribution in [0.25, 0.3) is 0 Å². The molecule has 1 aromatic carbocycles. The molecule has 0 aromatic heterocycles. The molecular weight excluding hydrogens is 214 g/mol.